The van der Waals surface area contributed by atoms with E-state index in [1.165, 1.54) is 11.8 Å². The number of fused-ring (bicyclic) bond motifs is 1. The third-order valence-corrected chi connectivity index (χ3v) is 3.85. The van der Waals surface area contributed by atoms with Gasteiger partial charge in [0, 0.05) is 5.75 Å². The number of carboxylic acids is 1. The van der Waals surface area contributed by atoms with E-state index in [-0.39, 0.29) is 0 Å². The second kappa shape index (κ2) is 4.41. The van der Waals surface area contributed by atoms with E-state index >= 15 is 0 Å². The first kappa shape index (κ1) is 12.0. The highest BCUT2D eigenvalue weighted by molar-refractivity contribution is 7.99. The van der Waals surface area contributed by atoms with Gasteiger partial charge in [0.25, 0.3) is 0 Å². The number of aromatic nitrogens is 2. The van der Waals surface area contributed by atoms with Crippen molar-refractivity contribution in [3.8, 4) is 0 Å². The minimum atomic E-state index is -0.791. The first-order valence-corrected chi connectivity index (χ1v) is 6.28. The number of hydrogen-bond donors (Lipinski definition) is 2. The van der Waals surface area contributed by atoms with Gasteiger partial charge < -0.3 is 10.1 Å². The molecule has 0 fully saturated rings. The van der Waals surface area contributed by atoms with Gasteiger partial charge in [-0.1, -0.05) is 23.9 Å². The lowest BCUT2D eigenvalue weighted by molar-refractivity contribution is -0.145. The Hall–Kier alpha value is -1.49. The topological polar surface area (TPSA) is 66.0 Å². The maximum absolute atomic E-state index is 11.0. The molecule has 1 aromatic carbocycles. The lowest BCUT2D eigenvalue weighted by Crippen LogP contribution is -2.26. The molecule has 0 unspecified atom stereocenters. The standard InChI is InChI=1S/C12H14N2O2S/c1-12(2,10(15)16)7-17-11-13-8-5-3-4-6-9(8)14-11/h3-6H,7H2,1-2H3,(H,13,14)(H,15,16). The van der Waals surface area contributed by atoms with E-state index < -0.39 is 11.4 Å². The summed E-state index contributed by atoms with van der Waals surface area (Å²) < 4.78 is 0. The van der Waals surface area contributed by atoms with Crippen LogP contribution in [-0.2, 0) is 4.79 Å². The number of hydrogen-bond acceptors (Lipinski definition) is 3. The van der Waals surface area contributed by atoms with E-state index in [2.05, 4.69) is 9.97 Å². The molecular formula is C12H14N2O2S. The summed E-state index contributed by atoms with van der Waals surface area (Å²) >= 11 is 1.43. The molecule has 2 aromatic rings. The van der Waals surface area contributed by atoms with Gasteiger partial charge in [-0.2, -0.15) is 0 Å². The molecule has 0 aliphatic carbocycles. The molecule has 2 rings (SSSR count). The molecule has 0 saturated carbocycles. The minimum Gasteiger partial charge on any atom is -0.481 e. The molecule has 0 radical (unpaired) electrons. The van der Waals surface area contributed by atoms with Crippen LogP contribution in [0.3, 0.4) is 0 Å². The van der Waals surface area contributed by atoms with Crippen LogP contribution in [0.25, 0.3) is 11.0 Å². The summed E-state index contributed by atoms with van der Waals surface area (Å²) in [6.45, 7) is 3.43. The molecule has 0 bridgehead atoms. The second-order valence-electron chi connectivity index (χ2n) is 4.54. The van der Waals surface area contributed by atoms with Crippen molar-refractivity contribution in [2.45, 2.75) is 19.0 Å². The number of aromatic amines is 1. The molecule has 4 nitrogen and oxygen atoms in total. The van der Waals surface area contributed by atoms with Crippen molar-refractivity contribution in [1.82, 2.24) is 9.97 Å². The number of nitrogens with zero attached hydrogens (tertiary/aromatic N) is 1. The largest absolute Gasteiger partial charge is 0.481 e. The van der Waals surface area contributed by atoms with Crippen LogP contribution in [0.2, 0.25) is 0 Å². The SMILES string of the molecule is CC(C)(CSc1nc2ccccc2[nH]1)C(=O)O. The summed E-state index contributed by atoms with van der Waals surface area (Å²) in [6.07, 6.45) is 0. The smallest absolute Gasteiger partial charge is 0.309 e. The molecule has 1 aromatic heterocycles. The second-order valence-corrected chi connectivity index (χ2v) is 5.50. The third kappa shape index (κ3) is 2.61. The Labute approximate surface area is 103 Å². The molecule has 0 atom stereocenters. The zero-order chi connectivity index (χ0) is 12.5. The quantitative estimate of drug-likeness (QED) is 0.819. The summed E-state index contributed by atoms with van der Waals surface area (Å²) in [7, 11) is 0. The summed E-state index contributed by atoms with van der Waals surface area (Å²) in [5, 5.41) is 9.78. The first-order valence-electron chi connectivity index (χ1n) is 5.30. The Morgan fingerprint density at radius 1 is 1.47 bits per heavy atom. The number of H-pyrrole nitrogens is 1. The average molecular weight is 250 g/mol. The number of carboxylic acid groups (broad SMARTS) is 1. The summed E-state index contributed by atoms with van der Waals surface area (Å²) in [6, 6.07) is 7.75. The molecule has 0 aliphatic rings. The van der Waals surface area contributed by atoms with Crippen LogP contribution < -0.4 is 0 Å². The van der Waals surface area contributed by atoms with Crippen molar-refractivity contribution in [3.05, 3.63) is 24.3 Å². The van der Waals surface area contributed by atoms with Gasteiger partial charge in [-0.3, -0.25) is 4.79 Å². The Bertz CT molecular complexity index is 515. The molecule has 90 valence electrons. The minimum absolute atomic E-state index is 0.488. The number of aliphatic carboxylic acids is 1. The van der Waals surface area contributed by atoms with E-state index in [9.17, 15) is 4.79 Å². The molecule has 1 heterocycles. The van der Waals surface area contributed by atoms with Gasteiger partial charge in [0.1, 0.15) is 0 Å². The highest BCUT2D eigenvalue weighted by atomic mass is 32.2. The third-order valence-electron chi connectivity index (χ3n) is 2.52. The van der Waals surface area contributed by atoms with Gasteiger partial charge in [-0.05, 0) is 26.0 Å². The van der Waals surface area contributed by atoms with Gasteiger partial charge in [-0.25, -0.2) is 4.98 Å². The number of benzene rings is 1. The molecule has 5 heteroatoms. The number of imidazole rings is 1. The number of rotatable bonds is 4. The van der Waals surface area contributed by atoms with E-state index in [1.54, 1.807) is 13.8 Å². The van der Waals surface area contributed by atoms with Crippen LogP contribution >= 0.6 is 11.8 Å². The predicted molar refractivity (Wildman–Crippen MR) is 68.2 cm³/mol. The fraction of sp³-hybridized carbons (Fsp3) is 0.333. The van der Waals surface area contributed by atoms with E-state index in [1.807, 2.05) is 24.3 Å². The van der Waals surface area contributed by atoms with Crippen molar-refractivity contribution in [2.75, 3.05) is 5.75 Å². The molecule has 0 aliphatic heterocycles. The van der Waals surface area contributed by atoms with Crippen LogP contribution in [-0.4, -0.2) is 26.8 Å². The molecule has 0 amide bonds. The fourth-order valence-corrected chi connectivity index (χ4v) is 2.27. The average Bonchev–Trinajstić information content (AvgIpc) is 2.69. The van der Waals surface area contributed by atoms with Crippen molar-refractivity contribution in [1.29, 1.82) is 0 Å². The lowest BCUT2D eigenvalue weighted by atomic mass is 9.97. The van der Waals surface area contributed by atoms with Gasteiger partial charge in [0.2, 0.25) is 0 Å². The monoisotopic (exact) mass is 250 g/mol. The zero-order valence-corrected chi connectivity index (χ0v) is 10.5. The zero-order valence-electron chi connectivity index (χ0n) is 9.73. The van der Waals surface area contributed by atoms with E-state index in [0.717, 1.165) is 16.2 Å². The number of thioether (sulfide) groups is 1. The molecule has 17 heavy (non-hydrogen) atoms. The van der Waals surface area contributed by atoms with Crippen LogP contribution in [0.15, 0.2) is 29.4 Å². The number of para-hydroxylation sites is 2. The molecular weight excluding hydrogens is 236 g/mol. The van der Waals surface area contributed by atoms with Gasteiger partial charge >= 0.3 is 5.97 Å². The highest BCUT2D eigenvalue weighted by Crippen LogP contribution is 2.27. The van der Waals surface area contributed by atoms with Crippen LogP contribution in [0, 0.1) is 5.41 Å². The predicted octanol–water partition coefficient (Wildman–Crippen LogP) is 2.77. The molecule has 0 spiro atoms. The lowest BCUT2D eigenvalue weighted by Gasteiger charge is -2.16. The Morgan fingerprint density at radius 2 is 2.18 bits per heavy atom. The normalized spacial score (nSPS) is 11.9. The maximum Gasteiger partial charge on any atom is 0.309 e. The molecule has 2 N–H and O–H groups in total. The Morgan fingerprint density at radius 3 is 2.82 bits per heavy atom. The first-order chi connectivity index (χ1) is 7.99. The fourth-order valence-electron chi connectivity index (χ4n) is 1.31. The number of nitrogens with one attached hydrogen (secondary N) is 1. The Kier molecular flexibility index (Phi) is 3.11. The Balaban J connectivity index is 2.12. The highest BCUT2D eigenvalue weighted by Gasteiger charge is 2.27. The molecule has 0 saturated heterocycles. The van der Waals surface area contributed by atoms with Crippen LogP contribution in [0.4, 0.5) is 0 Å². The summed E-state index contributed by atoms with van der Waals surface area (Å²) in [4.78, 5) is 18.5. The van der Waals surface area contributed by atoms with E-state index in [0.29, 0.717) is 5.75 Å². The van der Waals surface area contributed by atoms with Crippen molar-refractivity contribution in [3.63, 3.8) is 0 Å². The van der Waals surface area contributed by atoms with Crippen molar-refractivity contribution >= 4 is 28.8 Å². The van der Waals surface area contributed by atoms with Gasteiger partial charge in [0.15, 0.2) is 5.16 Å². The van der Waals surface area contributed by atoms with E-state index in [4.69, 9.17) is 5.11 Å². The van der Waals surface area contributed by atoms with Crippen molar-refractivity contribution < 1.29 is 9.90 Å². The summed E-state index contributed by atoms with van der Waals surface area (Å²) in [5.41, 5.74) is 1.13. The maximum atomic E-state index is 11.0. The van der Waals surface area contributed by atoms with Crippen LogP contribution in [0.1, 0.15) is 13.8 Å². The van der Waals surface area contributed by atoms with Crippen molar-refractivity contribution in [2.24, 2.45) is 5.41 Å². The van der Waals surface area contributed by atoms with Gasteiger partial charge in [-0.15, -0.1) is 0 Å². The summed E-state index contributed by atoms with van der Waals surface area (Å²) in [5.74, 6) is -0.302. The van der Waals surface area contributed by atoms with Crippen LogP contribution in [0.5, 0.6) is 0 Å². The number of carbonyl (C=O) groups is 1. The van der Waals surface area contributed by atoms with Gasteiger partial charge in [0.05, 0.1) is 16.4 Å².